The molecule has 0 N–H and O–H groups in total. The molecule has 3 heterocycles. The van der Waals surface area contributed by atoms with Crippen LogP contribution in [0.4, 0.5) is 5.69 Å². The van der Waals surface area contributed by atoms with Crippen LogP contribution in [0, 0.1) is 17.0 Å². The molecule has 41 heavy (non-hydrogen) atoms. The maximum absolute atomic E-state index is 14.0. The Morgan fingerprint density at radius 1 is 1.05 bits per heavy atom. The molecular formula is C32H22BrN3O4S. The first-order valence-electron chi connectivity index (χ1n) is 13.1. The number of hydrogen-bond acceptors (Lipinski definition) is 6. The second kappa shape index (κ2) is 9.94. The first-order chi connectivity index (χ1) is 19.9. The number of furan rings is 1. The van der Waals surface area contributed by atoms with E-state index in [0.717, 1.165) is 50.8 Å². The zero-order valence-electron chi connectivity index (χ0n) is 21.8. The summed E-state index contributed by atoms with van der Waals surface area (Å²) >= 11 is 4.89. The van der Waals surface area contributed by atoms with Gasteiger partial charge in [0, 0.05) is 33.8 Å². The van der Waals surface area contributed by atoms with E-state index in [2.05, 4.69) is 46.3 Å². The van der Waals surface area contributed by atoms with Crippen molar-refractivity contribution < 1.29 is 9.34 Å². The molecule has 3 aromatic carbocycles. The second-order valence-electron chi connectivity index (χ2n) is 10.1. The molecule has 1 aliphatic heterocycles. The number of benzene rings is 3. The maximum atomic E-state index is 14.0. The fourth-order valence-corrected chi connectivity index (χ4v) is 6.96. The van der Waals surface area contributed by atoms with Crippen molar-refractivity contribution in [2.45, 2.75) is 25.8 Å². The number of aromatic nitrogens is 1. The summed E-state index contributed by atoms with van der Waals surface area (Å²) in [6, 6.07) is 24.6. The molecule has 0 saturated carbocycles. The lowest BCUT2D eigenvalue weighted by atomic mass is 9.83. The van der Waals surface area contributed by atoms with Crippen LogP contribution in [0.3, 0.4) is 0 Å². The molecule has 202 valence electrons. The predicted octanol–water partition coefficient (Wildman–Crippen LogP) is 6.56. The number of nitro groups is 1. The van der Waals surface area contributed by atoms with Gasteiger partial charge in [-0.1, -0.05) is 63.7 Å². The summed E-state index contributed by atoms with van der Waals surface area (Å²) in [5.41, 5.74) is 6.97. The highest BCUT2D eigenvalue weighted by molar-refractivity contribution is 9.10. The van der Waals surface area contributed by atoms with Gasteiger partial charge in [-0.25, -0.2) is 4.99 Å². The van der Waals surface area contributed by atoms with Crippen molar-refractivity contribution in [3.8, 4) is 11.3 Å². The number of thiazole rings is 1. The highest BCUT2D eigenvalue weighted by Gasteiger charge is 2.32. The van der Waals surface area contributed by atoms with Crippen molar-refractivity contribution in [2.24, 2.45) is 4.99 Å². The maximum Gasteiger partial charge on any atom is 0.271 e. The van der Waals surface area contributed by atoms with E-state index in [1.54, 1.807) is 12.1 Å². The van der Waals surface area contributed by atoms with Crippen molar-refractivity contribution in [3.05, 3.63) is 147 Å². The predicted molar refractivity (Wildman–Crippen MR) is 162 cm³/mol. The monoisotopic (exact) mass is 623 g/mol. The molecule has 7 rings (SSSR count). The zero-order valence-corrected chi connectivity index (χ0v) is 24.2. The number of fused-ring (bicyclic) bond motifs is 3. The fraction of sp³-hybridized carbons (Fsp3) is 0.125. The van der Waals surface area contributed by atoms with Crippen LogP contribution < -0.4 is 14.9 Å². The van der Waals surface area contributed by atoms with Crippen molar-refractivity contribution in [3.63, 3.8) is 0 Å². The number of nitro benzene ring substituents is 1. The number of nitrogens with zero attached hydrogens (tertiary/aromatic N) is 3. The van der Waals surface area contributed by atoms with E-state index in [-0.39, 0.29) is 17.3 Å². The van der Waals surface area contributed by atoms with Crippen LogP contribution in [0.15, 0.2) is 103 Å². The Bertz CT molecular complexity index is 2090. The van der Waals surface area contributed by atoms with Crippen LogP contribution in [0.5, 0.6) is 0 Å². The van der Waals surface area contributed by atoms with E-state index >= 15 is 0 Å². The molecule has 0 unspecified atom stereocenters. The van der Waals surface area contributed by atoms with Gasteiger partial charge in [0.2, 0.25) is 0 Å². The number of non-ortho nitro benzene ring substituents is 1. The van der Waals surface area contributed by atoms with Crippen LogP contribution in [0.25, 0.3) is 23.1 Å². The number of hydrogen-bond donors (Lipinski definition) is 0. The van der Waals surface area contributed by atoms with Crippen LogP contribution >= 0.6 is 27.3 Å². The van der Waals surface area contributed by atoms with Gasteiger partial charge in [-0.15, -0.1) is 0 Å². The van der Waals surface area contributed by atoms with Gasteiger partial charge in [0.1, 0.15) is 11.5 Å². The Morgan fingerprint density at radius 2 is 1.85 bits per heavy atom. The Hall–Kier alpha value is -4.34. The van der Waals surface area contributed by atoms with Crippen LogP contribution in [0.2, 0.25) is 0 Å². The quantitative estimate of drug-likeness (QED) is 0.167. The molecule has 2 aromatic heterocycles. The minimum Gasteiger partial charge on any atom is -0.457 e. The molecule has 0 saturated heterocycles. The van der Waals surface area contributed by atoms with E-state index in [4.69, 9.17) is 9.41 Å². The van der Waals surface area contributed by atoms with E-state index in [9.17, 15) is 14.9 Å². The molecular weight excluding hydrogens is 602 g/mol. The van der Waals surface area contributed by atoms with Crippen LogP contribution in [-0.4, -0.2) is 9.49 Å². The zero-order chi connectivity index (χ0) is 28.2. The summed E-state index contributed by atoms with van der Waals surface area (Å²) in [6.45, 7) is 1.81. The third-order valence-corrected chi connectivity index (χ3v) is 9.16. The van der Waals surface area contributed by atoms with Crippen molar-refractivity contribution in [1.82, 2.24) is 4.57 Å². The molecule has 2 aliphatic rings. The largest absolute Gasteiger partial charge is 0.457 e. The summed E-state index contributed by atoms with van der Waals surface area (Å²) in [6.07, 6.45) is 3.49. The van der Waals surface area contributed by atoms with Gasteiger partial charge in [0.05, 0.1) is 21.2 Å². The number of aryl methyl sites for hydroxylation is 2. The lowest BCUT2D eigenvalue weighted by Crippen LogP contribution is -2.38. The molecule has 0 bridgehead atoms. The molecule has 0 spiro atoms. The smallest absolute Gasteiger partial charge is 0.271 e. The van der Waals surface area contributed by atoms with Gasteiger partial charge in [-0.3, -0.25) is 19.5 Å². The second-order valence-corrected chi connectivity index (χ2v) is 12.0. The topological polar surface area (TPSA) is 90.6 Å². The summed E-state index contributed by atoms with van der Waals surface area (Å²) in [5.74, 6) is 1.11. The number of halogens is 1. The molecule has 7 nitrogen and oxygen atoms in total. The number of rotatable bonds is 4. The average Bonchev–Trinajstić information content (AvgIpc) is 3.56. The molecule has 0 radical (unpaired) electrons. The van der Waals surface area contributed by atoms with E-state index < -0.39 is 4.92 Å². The Labute approximate surface area is 246 Å². The highest BCUT2D eigenvalue weighted by atomic mass is 79.9. The summed E-state index contributed by atoms with van der Waals surface area (Å²) < 4.78 is 9.42. The first kappa shape index (κ1) is 25.6. The van der Waals surface area contributed by atoms with Crippen molar-refractivity contribution in [2.75, 3.05) is 0 Å². The van der Waals surface area contributed by atoms with Crippen LogP contribution in [0.1, 0.15) is 40.5 Å². The minimum atomic E-state index is -0.415. The summed E-state index contributed by atoms with van der Waals surface area (Å²) in [4.78, 5) is 30.4. The van der Waals surface area contributed by atoms with Crippen LogP contribution in [-0.2, 0) is 6.42 Å². The molecule has 0 fully saturated rings. The van der Waals surface area contributed by atoms with Gasteiger partial charge in [-0.2, -0.15) is 0 Å². The Balaban J connectivity index is 1.36. The molecule has 1 aliphatic carbocycles. The van der Waals surface area contributed by atoms with Crippen molar-refractivity contribution >= 4 is 44.7 Å². The Kier molecular flexibility index (Phi) is 6.21. The first-order valence-corrected chi connectivity index (χ1v) is 14.7. The van der Waals surface area contributed by atoms with Gasteiger partial charge < -0.3 is 4.42 Å². The highest BCUT2D eigenvalue weighted by Crippen LogP contribution is 2.41. The average molecular weight is 625 g/mol. The molecule has 1 atom stereocenters. The third-order valence-electron chi connectivity index (χ3n) is 7.65. The number of allylic oxidation sites excluding steroid dienone is 1. The molecule has 0 amide bonds. The fourth-order valence-electron chi connectivity index (χ4n) is 5.71. The SMILES string of the molecule is Cc1cc([N+](=O)[O-])ccc1-c1ccc(/C=c2\sc3n(c2=O)[C@H](c2ccc(Br)cc2)C2=C(N=3)c3ccccc3CC2)o1. The molecule has 5 aromatic rings. The molecule has 9 heteroatoms. The summed E-state index contributed by atoms with van der Waals surface area (Å²) in [5, 5.41) is 11.1. The van der Waals surface area contributed by atoms with Gasteiger partial charge in [0.25, 0.3) is 11.2 Å². The minimum absolute atomic E-state index is 0.0322. The summed E-state index contributed by atoms with van der Waals surface area (Å²) in [7, 11) is 0. The van der Waals surface area contributed by atoms with Crippen molar-refractivity contribution in [1.29, 1.82) is 0 Å². The third kappa shape index (κ3) is 4.42. The standard InChI is InChI=1S/C32H22BrN3O4S/c1-18-16-22(36(38)39)11-14-24(18)27-15-12-23(40-27)17-28-31(37)35-30(20-6-9-21(33)10-7-20)26-13-8-19-4-2-3-5-25(19)29(26)34-32(35)41-28/h2-7,9-12,14-17,30H,8,13H2,1H3/b28-17-/t30-/m1/s1. The van der Waals surface area contributed by atoms with E-state index in [0.29, 0.717) is 20.9 Å². The Morgan fingerprint density at radius 3 is 2.63 bits per heavy atom. The van der Waals surface area contributed by atoms with E-state index in [1.165, 1.54) is 29.0 Å². The van der Waals surface area contributed by atoms with Gasteiger partial charge in [-0.05, 0) is 72.4 Å². The lowest BCUT2D eigenvalue weighted by molar-refractivity contribution is -0.384. The van der Waals surface area contributed by atoms with E-state index in [1.807, 2.05) is 41.8 Å². The van der Waals surface area contributed by atoms with Gasteiger partial charge in [0.15, 0.2) is 4.80 Å². The normalized spacial score (nSPS) is 16.1. The van der Waals surface area contributed by atoms with Gasteiger partial charge >= 0.3 is 0 Å². The lowest BCUT2D eigenvalue weighted by Gasteiger charge is -2.30.